The fourth-order valence-electron chi connectivity index (χ4n) is 1.80. The van der Waals surface area contributed by atoms with Crippen LogP contribution in [0.2, 0.25) is 0 Å². The van der Waals surface area contributed by atoms with Crippen molar-refractivity contribution >= 4 is 17.4 Å². The molecule has 1 aromatic carbocycles. The molecule has 0 aliphatic heterocycles. The minimum Gasteiger partial charge on any atom is -0.290 e. The summed E-state index contributed by atoms with van der Waals surface area (Å²) in [4.78, 5) is 30.0. The number of rotatable bonds is 2. The van der Waals surface area contributed by atoms with Gasteiger partial charge in [0, 0.05) is 7.05 Å². The van der Waals surface area contributed by atoms with E-state index >= 15 is 0 Å². The van der Waals surface area contributed by atoms with Crippen LogP contribution in [0.15, 0.2) is 51.3 Å². The maximum atomic E-state index is 11.9. The number of aromatic amines is 1. The molecule has 7 nitrogen and oxygen atoms in total. The Hall–Kier alpha value is -2.96. The van der Waals surface area contributed by atoms with Gasteiger partial charge >= 0.3 is 5.69 Å². The van der Waals surface area contributed by atoms with E-state index in [1.54, 1.807) is 6.21 Å². The van der Waals surface area contributed by atoms with Gasteiger partial charge in [-0.1, -0.05) is 30.3 Å². The van der Waals surface area contributed by atoms with E-state index in [2.05, 4.69) is 15.1 Å². The average molecular weight is 269 g/mol. The topological polar surface area (TPSA) is 85.0 Å². The second-order valence-corrected chi connectivity index (χ2v) is 4.24. The van der Waals surface area contributed by atoms with Gasteiger partial charge in [0.15, 0.2) is 11.2 Å². The number of benzene rings is 1. The Morgan fingerprint density at radius 3 is 2.75 bits per heavy atom. The number of nitrogens with zero attached hydrogens (tertiary/aromatic N) is 4. The molecule has 0 amide bonds. The highest BCUT2D eigenvalue weighted by Crippen LogP contribution is 2.03. The monoisotopic (exact) mass is 269 g/mol. The Morgan fingerprint density at radius 2 is 2.00 bits per heavy atom. The van der Waals surface area contributed by atoms with Gasteiger partial charge in [0.05, 0.1) is 6.21 Å². The summed E-state index contributed by atoms with van der Waals surface area (Å²) in [7, 11) is 1.40. The van der Waals surface area contributed by atoms with Crippen LogP contribution >= 0.6 is 0 Å². The standard InChI is InChI=1S/C13H11N5O2/c1-17-12(19)10-11(16-13(17)20)18(8-14-10)15-7-9-5-3-2-4-6-9/h2-8H,1H3,(H,16,20). The number of hydrogen-bond donors (Lipinski definition) is 1. The number of nitrogens with one attached hydrogen (secondary N) is 1. The smallest absolute Gasteiger partial charge is 0.290 e. The largest absolute Gasteiger partial charge is 0.329 e. The Balaban J connectivity index is 2.12. The van der Waals surface area contributed by atoms with Crippen molar-refractivity contribution < 1.29 is 0 Å². The van der Waals surface area contributed by atoms with Gasteiger partial charge in [-0.25, -0.2) is 14.5 Å². The van der Waals surface area contributed by atoms with Crippen molar-refractivity contribution in [1.82, 2.24) is 19.2 Å². The molecule has 0 bridgehead atoms. The van der Waals surface area contributed by atoms with Crippen LogP contribution in [0.3, 0.4) is 0 Å². The highest BCUT2D eigenvalue weighted by atomic mass is 16.2. The van der Waals surface area contributed by atoms with Gasteiger partial charge in [0.1, 0.15) is 6.33 Å². The van der Waals surface area contributed by atoms with Crippen molar-refractivity contribution in [2.75, 3.05) is 0 Å². The van der Waals surface area contributed by atoms with Crippen molar-refractivity contribution in [3.8, 4) is 0 Å². The molecule has 0 fully saturated rings. The molecule has 0 unspecified atom stereocenters. The van der Waals surface area contributed by atoms with E-state index in [1.807, 2.05) is 30.3 Å². The van der Waals surface area contributed by atoms with Crippen LogP contribution in [-0.2, 0) is 7.05 Å². The average Bonchev–Trinajstić information content (AvgIpc) is 2.87. The van der Waals surface area contributed by atoms with E-state index in [4.69, 9.17) is 0 Å². The maximum Gasteiger partial charge on any atom is 0.329 e. The Labute approximate surface area is 112 Å². The minimum absolute atomic E-state index is 0.178. The summed E-state index contributed by atoms with van der Waals surface area (Å²) in [5, 5.41) is 4.19. The van der Waals surface area contributed by atoms with E-state index in [0.717, 1.165) is 10.1 Å². The zero-order valence-corrected chi connectivity index (χ0v) is 10.6. The molecule has 0 saturated carbocycles. The molecule has 0 aliphatic rings. The van der Waals surface area contributed by atoms with Crippen molar-refractivity contribution in [1.29, 1.82) is 0 Å². The predicted molar refractivity (Wildman–Crippen MR) is 75.0 cm³/mol. The van der Waals surface area contributed by atoms with Crippen LogP contribution in [0.5, 0.6) is 0 Å². The van der Waals surface area contributed by atoms with Gasteiger partial charge in [-0.15, -0.1) is 0 Å². The first-order valence-corrected chi connectivity index (χ1v) is 5.92. The molecule has 0 saturated heterocycles. The third-order valence-electron chi connectivity index (χ3n) is 2.92. The summed E-state index contributed by atoms with van der Waals surface area (Å²) >= 11 is 0. The van der Waals surface area contributed by atoms with Crippen molar-refractivity contribution in [2.45, 2.75) is 0 Å². The third-order valence-corrected chi connectivity index (χ3v) is 2.92. The molecule has 7 heteroatoms. The lowest BCUT2D eigenvalue weighted by Gasteiger charge is -1.98. The van der Waals surface area contributed by atoms with Crippen molar-refractivity contribution in [3.05, 3.63) is 63.1 Å². The van der Waals surface area contributed by atoms with Gasteiger partial charge in [-0.05, 0) is 5.56 Å². The minimum atomic E-state index is -0.501. The first kappa shape index (κ1) is 12.1. The Bertz CT molecular complexity index is 902. The summed E-state index contributed by atoms with van der Waals surface area (Å²) < 4.78 is 2.34. The lowest BCUT2D eigenvalue weighted by atomic mass is 10.2. The fourth-order valence-corrected chi connectivity index (χ4v) is 1.80. The van der Waals surface area contributed by atoms with Crippen molar-refractivity contribution in [3.63, 3.8) is 0 Å². The first-order chi connectivity index (χ1) is 9.66. The SMILES string of the molecule is Cn1c(=O)[nH]c2c(ncn2N=Cc2ccccc2)c1=O. The normalized spacial score (nSPS) is 11.4. The van der Waals surface area contributed by atoms with Crippen LogP contribution in [0, 0.1) is 0 Å². The molecule has 3 rings (SSSR count). The molecule has 0 aliphatic carbocycles. The quantitative estimate of drug-likeness (QED) is 0.679. The molecule has 2 aromatic heterocycles. The van der Waals surface area contributed by atoms with E-state index in [-0.39, 0.29) is 11.2 Å². The fraction of sp³-hybridized carbons (Fsp3) is 0.0769. The molecule has 100 valence electrons. The number of hydrogen-bond acceptors (Lipinski definition) is 4. The Kier molecular flexibility index (Phi) is 2.79. The summed E-state index contributed by atoms with van der Waals surface area (Å²) in [5.41, 5.74) is 0.416. The zero-order valence-electron chi connectivity index (χ0n) is 10.6. The second-order valence-electron chi connectivity index (χ2n) is 4.24. The van der Waals surface area contributed by atoms with Crippen LogP contribution in [0.1, 0.15) is 5.56 Å². The lowest BCUT2D eigenvalue weighted by Crippen LogP contribution is -2.32. The summed E-state index contributed by atoms with van der Waals surface area (Å²) in [6.45, 7) is 0. The number of imidazole rings is 1. The first-order valence-electron chi connectivity index (χ1n) is 5.92. The molecular weight excluding hydrogens is 258 g/mol. The van der Waals surface area contributed by atoms with E-state index in [0.29, 0.717) is 0 Å². The maximum absolute atomic E-state index is 11.9. The highest BCUT2D eigenvalue weighted by molar-refractivity contribution is 5.80. The van der Waals surface area contributed by atoms with Crippen molar-refractivity contribution in [2.24, 2.45) is 12.1 Å². The molecule has 0 atom stereocenters. The number of aromatic nitrogens is 4. The van der Waals surface area contributed by atoms with Gasteiger partial charge < -0.3 is 0 Å². The molecular formula is C13H11N5O2. The second kappa shape index (κ2) is 4.61. The molecule has 0 spiro atoms. The molecule has 2 heterocycles. The van der Waals surface area contributed by atoms with E-state index in [1.165, 1.54) is 18.1 Å². The van der Waals surface area contributed by atoms with E-state index in [9.17, 15) is 9.59 Å². The zero-order chi connectivity index (χ0) is 14.1. The van der Waals surface area contributed by atoms with Gasteiger partial charge in [0.2, 0.25) is 0 Å². The highest BCUT2D eigenvalue weighted by Gasteiger charge is 2.09. The molecule has 1 N–H and O–H groups in total. The molecule has 20 heavy (non-hydrogen) atoms. The predicted octanol–water partition coefficient (Wildman–Crippen LogP) is 0.305. The molecule has 3 aromatic rings. The third kappa shape index (κ3) is 1.95. The number of fused-ring (bicyclic) bond motifs is 1. The van der Waals surface area contributed by atoms with Gasteiger partial charge in [0.25, 0.3) is 5.56 Å². The summed E-state index contributed by atoms with van der Waals surface area (Å²) in [6.07, 6.45) is 3.01. The van der Waals surface area contributed by atoms with Crippen LogP contribution < -0.4 is 11.2 Å². The number of H-pyrrole nitrogens is 1. The van der Waals surface area contributed by atoms with Crippen LogP contribution in [-0.4, -0.2) is 25.4 Å². The van der Waals surface area contributed by atoms with E-state index < -0.39 is 11.2 Å². The van der Waals surface area contributed by atoms with Crippen LogP contribution in [0.4, 0.5) is 0 Å². The summed E-state index contributed by atoms with van der Waals surface area (Å²) in [6, 6.07) is 9.48. The lowest BCUT2D eigenvalue weighted by molar-refractivity contribution is 0.782. The molecule has 0 radical (unpaired) electrons. The van der Waals surface area contributed by atoms with Gasteiger partial charge in [-0.3, -0.25) is 14.3 Å². The summed E-state index contributed by atoms with van der Waals surface area (Å²) in [5.74, 6) is 0. The van der Waals surface area contributed by atoms with Crippen LogP contribution in [0.25, 0.3) is 11.2 Å². The van der Waals surface area contributed by atoms with Gasteiger partial charge in [-0.2, -0.15) is 5.10 Å². The Morgan fingerprint density at radius 1 is 1.25 bits per heavy atom.